The molecule has 1 aromatic carbocycles. The van der Waals surface area contributed by atoms with Gasteiger partial charge in [-0.2, -0.15) is 0 Å². The van der Waals surface area contributed by atoms with Gasteiger partial charge in [0.2, 0.25) is 0 Å². The fourth-order valence-electron chi connectivity index (χ4n) is 2.11. The molecule has 0 spiro atoms. The molecule has 20 heavy (non-hydrogen) atoms. The van der Waals surface area contributed by atoms with Crippen LogP contribution in [0.25, 0.3) is 0 Å². The van der Waals surface area contributed by atoms with E-state index in [1.165, 1.54) is 5.56 Å². The molecule has 0 aliphatic rings. The Bertz CT molecular complexity index is 417. The molecule has 0 aliphatic carbocycles. The molecule has 0 fully saturated rings. The molecule has 0 heterocycles. The maximum Gasteiger partial charge on any atom is 0.0453 e. The molecule has 3 heteroatoms. The Kier molecular flexibility index (Phi) is 6.50. The lowest BCUT2D eigenvalue weighted by atomic mass is 10.0. The van der Waals surface area contributed by atoms with Crippen molar-refractivity contribution in [1.82, 2.24) is 10.2 Å². The number of hydrogen-bond donors (Lipinski definition) is 1. The van der Waals surface area contributed by atoms with Crippen molar-refractivity contribution in [1.29, 1.82) is 0 Å². The van der Waals surface area contributed by atoms with E-state index < -0.39 is 0 Å². The Labute approximate surface area is 129 Å². The Morgan fingerprint density at radius 1 is 1.25 bits per heavy atom. The molecule has 1 rings (SSSR count). The molecule has 0 amide bonds. The van der Waals surface area contributed by atoms with Crippen molar-refractivity contribution in [2.75, 3.05) is 13.6 Å². The normalized spacial score (nSPS) is 15.4. The molecule has 2 nitrogen and oxygen atoms in total. The summed E-state index contributed by atoms with van der Waals surface area (Å²) in [4.78, 5) is 2.37. The van der Waals surface area contributed by atoms with Crippen LogP contribution in [0.2, 0.25) is 5.02 Å². The summed E-state index contributed by atoms with van der Waals surface area (Å²) in [5.41, 5.74) is 1.39. The summed E-state index contributed by atoms with van der Waals surface area (Å²) in [6.45, 7) is 12.2. The molecule has 2 unspecified atom stereocenters. The molecular weight excluding hydrogens is 268 g/mol. The molecular formula is C17H29ClN2. The number of benzene rings is 1. The molecule has 0 saturated carbocycles. The van der Waals surface area contributed by atoms with Crippen molar-refractivity contribution >= 4 is 11.6 Å². The maximum absolute atomic E-state index is 6.30. The highest BCUT2D eigenvalue weighted by atomic mass is 35.5. The van der Waals surface area contributed by atoms with Crippen LogP contribution >= 0.6 is 11.6 Å². The lowest BCUT2D eigenvalue weighted by Gasteiger charge is -2.34. The van der Waals surface area contributed by atoms with Gasteiger partial charge in [-0.25, -0.2) is 0 Å². The van der Waals surface area contributed by atoms with Gasteiger partial charge in [-0.15, -0.1) is 0 Å². The van der Waals surface area contributed by atoms with E-state index in [4.69, 9.17) is 11.6 Å². The Morgan fingerprint density at radius 2 is 1.85 bits per heavy atom. The van der Waals surface area contributed by atoms with E-state index >= 15 is 0 Å². The van der Waals surface area contributed by atoms with Crippen LogP contribution in [-0.2, 0) is 0 Å². The van der Waals surface area contributed by atoms with Gasteiger partial charge in [0.05, 0.1) is 0 Å². The topological polar surface area (TPSA) is 15.3 Å². The van der Waals surface area contributed by atoms with Gasteiger partial charge < -0.3 is 5.32 Å². The quantitative estimate of drug-likeness (QED) is 0.797. The predicted molar refractivity (Wildman–Crippen MR) is 89.5 cm³/mol. The molecule has 2 atom stereocenters. The van der Waals surface area contributed by atoms with Crippen LogP contribution in [0.5, 0.6) is 0 Å². The average Bonchev–Trinajstić information content (AvgIpc) is 2.44. The van der Waals surface area contributed by atoms with Gasteiger partial charge in [-0.05, 0) is 52.8 Å². The van der Waals surface area contributed by atoms with E-state index in [2.05, 4.69) is 64.0 Å². The Hall–Kier alpha value is -0.570. The van der Waals surface area contributed by atoms with Crippen LogP contribution in [0, 0.1) is 0 Å². The van der Waals surface area contributed by atoms with Gasteiger partial charge in [0.15, 0.2) is 0 Å². The van der Waals surface area contributed by atoms with Gasteiger partial charge in [0.1, 0.15) is 0 Å². The molecule has 0 saturated heterocycles. The van der Waals surface area contributed by atoms with E-state index in [1.807, 2.05) is 12.1 Å². The highest BCUT2D eigenvalue weighted by Crippen LogP contribution is 2.27. The first-order valence-corrected chi connectivity index (χ1v) is 7.87. The molecule has 0 bridgehead atoms. The Balaban J connectivity index is 2.65. The molecule has 1 N–H and O–H groups in total. The SMILES string of the molecule is CCC(C)(C)NCC(C)N(C)C(C)c1ccccc1Cl. The first kappa shape index (κ1) is 17.5. The average molecular weight is 297 g/mol. The van der Waals surface area contributed by atoms with Crippen molar-refractivity contribution in [2.45, 2.75) is 58.7 Å². The van der Waals surface area contributed by atoms with E-state index in [0.29, 0.717) is 12.1 Å². The summed E-state index contributed by atoms with van der Waals surface area (Å²) in [5.74, 6) is 0. The van der Waals surface area contributed by atoms with Crippen molar-refractivity contribution in [3.05, 3.63) is 34.9 Å². The smallest absolute Gasteiger partial charge is 0.0453 e. The Morgan fingerprint density at radius 3 is 2.40 bits per heavy atom. The number of nitrogens with zero attached hydrogens (tertiary/aromatic N) is 1. The first-order valence-electron chi connectivity index (χ1n) is 7.50. The van der Waals surface area contributed by atoms with Crippen molar-refractivity contribution in [2.24, 2.45) is 0 Å². The number of halogens is 1. The fourth-order valence-corrected chi connectivity index (χ4v) is 2.40. The summed E-state index contributed by atoms with van der Waals surface area (Å²) >= 11 is 6.30. The van der Waals surface area contributed by atoms with Gasteiger partial charge in [0, 0.05) is 29.2 Å². The van der Waals surface area contributed by atoms with Crippen molar-refractivity contribution < 1.29 is 0 Å². The van der Waals surface area contributed by atoms with E-state index in [9.17, 15) is 0 Å². The summed E-state index contributed by atoms with van der Waals surface area (Å²) in [6, 6.07) is 8.86. The molecule has 0 radical (unpaired) electrons. The number of hydrogen-bond acceptors (Lipinski definition) is 2. The standard InChI is InChI=1S/C17H29ClN2/c1-7-17(4,5)19-12-13(2)20(6)14(3)15-10-8-9-11-16(15)18/h8-11,13-14,19H,7,12H2,1-6H3. The van der Waals surface area contributed by atoms with Crippen molar-refractivity contribution in [3.8, 4) is 0 Å². The number of likely N-dealkylation sites (N-methyl/N-ethyl adjacent to an activating group) is 1. The van der Waals surface area contributed by atoms with Crippen LogP contribution in [-0.4, -0.2) is 30.1 Å². The fraction of sp³-hybridized carbons (Fsp3) is 0.647. The highest BCUT2D eigenvalue weighted by molar-refractivity contribution is 6.31. The van der Waals surface area contributed by atoms with Crippen LogP contribution < -0.4 is 5.32 Å². The second-order valence-corrected chi connectivity index (χ2v) is 6.74. The summed E-state index contributed by atoms with van der Waals surface area (Å²) in [7, 11) is 2.17. The minimum Gasteiger partial charge on any atom is -0.310 e. The number of nitrogens with one attached hydrogen (secondary N) is 1. The third-order valence-electron chi connectivity index (χ3n) is 4.42. The number of rotatable bonds is 7. The third-order valence-corrected chi connectivity index (χ3v) is 4.77. The monoisotopic (exact) mass is 296 g/mol. The first-order chi connectivity index (χ1) is 9.28. The van der Waals surface area contributed by atoms with E-state index in [-0.39, 0.29) is 5.54 Å². The van der Waals surface area contributed by atoms with Crippen LogP contribution in [0.15, 0.2) is 24.3 Å². The summed E-state index contributed by atoms with van der Waals surface area (Å²) < 4.78 is 0. The third kappa shape index (κ3) is 4.76. The van der Waals surface area contributed by atoms with Gasteiger partial charge in [-0.3, -0.25) is 4.90 Å². The largest absolute Gasteiger partial charge is 0.310 e. The van der Waals surface area contributed by atoms with E-state index in [1.54, 1.807) is 0 Å². The van der Waals surface area contributed by atoms with Crippen molar-refractivity contribution in [3.63, 3.8) is 0 Å². The molecule has 0 aromatic heterocycles. The molecule has 1 aromatic rings. The maximum atomic E-state index is 6.30. The van der Waals surface area contributed by atoms with Crippen LogP contribution in [0.1, 0.15) is 52.6 Å². The zero-order chi connectivity index (χ0) is 15.3. The lowest BCUT2D eigenvalue weighted by Crippen LogP contribution is -2.47. The van der Waals surface area contributed by atoms with Gasteiger partial charge >= 0.3 is 0 Å². The van der Waals surface area contributed by atoms with Gasteiger partial charge in [0.25, 0.3) is 0 Å². The van der Waals surface area contributed by atoms with Crippen LogP contribution in [0.4, 0.5) is 0 Å². The summed E-state index contributed by atoms with van der Waals surface area (Å²) in [6.07, 6.45) is 1.13. The molecule has 114 valence electrons. The lowest BCUT2D eigenvalue weighted by molar-refractivity contribution is 0.181. The highest BCUT2D eigenvalue weighted by Gasteiger charge is 2.21. The minimum absolute atomic E-state index is 0.197. The van der Waals surface area contributed by atoms with Gasteiger partial charge in [-0.1, -0.05) is 36.7 Å². The molecule has 0 aliphatic heterocycles. The zero-order valence-corrected chi connectivity index (χ0v) is 14.5. The predicted octanol–water partition coefficient (Wildman–Crippen LogP) is 4.50. The second kappa shape index (κ2) is 7.44. The second-order valence-electron chi connectivity index (χ2n) is 6.33. The minimum atomic E-state index is 0.197. The van der Waals surface area contributed by atoms with E-state index in [0.717, 1.165) is 18.0 Å². The summed E-state index contributed by atoms with van der Waals surface area (Å²) in [5, 5.41) is 4.48. The van der Waals surface area contributed by atoms with Crippen LogP contribution in [0.3, 0.4) is 0 Å². The zero-order valence-electron chi connectivity index (χ0n) is 13.7.